The first-order chi connectivity index (χ1) is 25.6. The van der Waals surface area contributed by atoms with Crippen molar-refractivity contribution >= 4 is 46.2 Å². The van der Waals surface area contributed by atoms with E-state index in [9.17, 15) is 15.0 Å². The number of fused-ring (bicyclic) bond motifs is 6. The largest absolute Gasteiger partial charge is 0.507 e. The Kier molecular flexibility index (Phi) is 9.72. The van der Waals surface area contributed by atoms with Crippen LogP contribution >= 0.6 is 22.7 Å². The van der Waals surface area contributed by atoms with Crippen LogP contribution in [0.1, 0.15) is 109 Å². The number of aliphatic hydroxyl groups is 1. The normalized spacial score (nSPS) is 28.9. The van der Waals surface area contributed by atoms with Crippen LogP contribution in [0.3, 0.4) is 0 Å². The number of anilines is 1. The van der Waals surface area contributed by atoms with Gasteiger partial charge in [-0.05, 0) is 124 Å². The van der Waals surface area contributed by atoms with E-state index < -0.39 is 6.10 Å². The van der Waals surface area contributed by atoms with Gasteiger partial charge in [0.2, 0.25) is 0 Å². The first kappa shape index (κ1) is 36.0. The molecule has 5 aliphatic rings. The number of phenolic OH excluding ortho intramolecular Hbond substituents is 1. The van der Waals surface area contributed by atoms with Crippen LogP contribution in [0.4, 0.5) is 5.69 Å². The lowest BCUT2D eigenvalue weighted by atomic mass is 9.58. The Bertz CT molecular complexity index is 2100. The molecule has 7 atom stereocenters. The van der Waals surface area contributed by atoms with Gasteiger partial charge in [0.15, 0.2) is 11.7 Å². The molecule has 1 aromatic carbocycles. The van der Waals surface area contributed by atoms with Crippen LogP contribution in [0.5, 0.6) is 5.75 Å². The average Bonchev–Trinajstić information content (AvgIpc) is 3.97. The Morgan fingerprint density at radius 1 is 1.13 bits per heavy atom. The molecule has 4 aliphatic carbocycles. The van der Waals surface area contributed by atoms with Gasteiger partial charge in [-0.25, -0.2) is 0 Å². The number of hydrogen-bond acceptors (Lipinski definition) is 7. The minimum Gasteiger partial charge on any atom is -0.507 e. The summed E-state index contributed by atoms with van der Waals surface area (Å²) in [6.07, 6.45) is 14.3. The number of thiophene rings is 2. The van der Waals surface area contributed by atoms with Gasteiger partial charge in [-0.1, -0.05) is 42.8 Å². The highest BCUT2D eigenvalue weighted by molar-refractivity contribution is 7.23. The first-order valence-corrected chi connectivity index (χ1v) is 20.9. The van der Waals surface area contributed by atoms with E-state index >= 15 is 0 Å². The number of phenols is 1. The van der Waals surface area contributed by atoms with E-state index in [-0.39, 0.29) is 40.5 Å². The Balaban J connectivity index is 1.20. The van der Waals surface area contributed by atoms with Crippen LogP contribution in [0.15, 0.2) is 41.4 Å². The van der Waals surface area contributed by atoms with Crippen LogP contribution in [0.25, 0.3) is 15.8 Å². The summed E-state index contributed by atoms with van der Waals surface area (Å²) in [5.41, 5.74) is 9.84. The quantitative estimate of drug-likeness (QED) is 0.0778. The van der Waals surface area contributed by atoms with E-state index in [1.54, 1.807) is 36.6 Å². The molecule has 2 aromatic heterocycles. The van der Waals surface area contributed by atoms with Crippen molar-refractivity contribution in [2.45, 2.75) is 103 Å². The molecule has 9 heteroatoms. The van der Waals surface area contributed by atoms with Gasteiger partial charge in [0.25, 0.3) is 0 Å². The molecule has 0 saturated heterocycles. The highest BCUT2D eigenvalue weighted by Gasteiger charge is 2.60. The van der Waals surface area contributed by atoms with Crippen molar-refractivity contribution in [2.75, 3.05) is 12.4 Å². The van der Waals surface area contributed by atoms with Crippen molar-refractivity contribution in [2.24, 2.45) is 39.3 Å². The van der Waals surface area contributed by atoms with Crippen molar-refractivity contribution in [3.63, 3.8) is 0 Å². The second kappa shape index (κ2) is 14.3. The zero-order valence-corrected chi connectivity index (χ0v) is 32.6. The number of aliphatic imine (C=N–C) groups is 1. The van der Waals surface area contributed by atoms with Crippen molar-refractivity contribution in [1.82, 2.24) is 5.32 Å². The van der Waals surface area contributed by atoms with Gasteiger partial charge in [-0.2, -0.15) is 0 Å². The second-order valence-corrected chi connectivity index (χ2v) is 18.4. The summed E-state index contributed by atoms with van der Waals surface area (Å²) in [5, 5.41) is 29.0. The van der Waals surface area contributed by atoms with Gasteiger partial charge in [-0.15, -0.1) is 28.6 Å². The van der Waals surface area contributed by atoms with Gasteiger partial charge < -0.3 is 26.6 Å². The standard InChI is InChI=1S/C44H50N4O3S2/c1-4-8-30-12-16-37(52-30)38-17-18-39(53-38)41(51)33-14-11-27-23-44(33)24-29(43(25-44)19-5-6-20-43)9-7-10-31-28(21-35(27)48-42(45)46-3)22-36(50)32-13-15-34(26(2)49)47-40(31)32/h12-13,15-18,22,26-27,29,33-35,47,49-50H,5-6,9,11,14,19-21,23-25H2,1-3H3,(H3,45,46,48). The molecule has 1 aliphatic heterocycles. The molecule has 7 nitrogen and oxygen atoms in total. The summed E-state index contributed by atoms with van der Waals surface area (Å²) in [6.45, 7) is 3.63. The summed E-state index contributed by atoms with van der Waals surface area (Å²) in [7, 11) is 1.71. The maximum absolute atomic E-state index is 14.9. The SMILES string of the molecule is CC#Cc1ccc(-c2ccc(C(=O)C3CCC4CC35CC(CC#Cc3c(cc(O)c6c3NC(C(C)O)C=C6)CC4NC(N)=NC)C3(CCCC3)C5)s2)s1. The lowest BCUT2D eigenvalue weighted by Crippen LogP contribution is -2.50. The number of ketones is 1. The smallest absolute Gasteiger partial charge is 0.188 e. The molecule has 2 spiro atoms. The number of hydrogen-bond donors (Lipinski definition) is 5. The Hall–Kier alpha value is -4.02. The monoisotopic (exact) mass is 746 g/mol. The Morgan fingerprint density at radius 3 is 2.70 bits per heavy atom. The molecule has 8 rings (SSSR count). The van der Waals surface area contributed by atoms with Gasteiger partial charge in [-0.3, -0.25) is 9.79 Å². The number of nitrogens with one attached hydrogen (secondary N) is 2. The summed E-state index contributed by atoms with van der Waals surface area (Å²) < 4.78 is 0. The number of carbonyl (C=O) groups is 1. The highest BCUT2D eigenvalue weighted by Crippen LogP contribution is 2.68. The third-order valence-corrected chi connectivity index (χ3v) is 15.5. The van der Waals surface area contributed by atoms with Gasteiger partial charge in [0, 0.05) is 40.7 Å². The average molecular weight is 747 g/mol. The summed E-state index contributed by atoms with van der Waals surface area (Å²) in [6, 6.07) is 9.90. The molecule has 0 radical (unpaired) electrons. The highest BCUT2D eigenvalue weighted by atomic mass is 32.1. The fourth-order valence-electron chi connectivity index (χ4n) is 10.8. The maximum atomic E-state index is 14.9. The molecule has 3 fully saturated rings. The lowest BCUT2D eigenvalue weighted by Gasteiger charge is -2.47. The predicted molar refractivity (Wildman–Crippen MR) is 217 cm³/mol. The molecule has 3 aromatic rings. The van der Waals surface area contributed by atoms with Crippen LogP contribution in [-0.4, -0.2) is 47.2 Å². The van der Waals surface area contributed by atoms with Crippen molar-refractivity contribution < 1.29 is 15.0 Å². The van der Waals surface area contributed by atoms with E-state index in [2.05, 4.69) is 63.6 Å². The number of carbonyl (C=O) groups excluding carboxylic acids is 1. The molecule has 3 saturated carbocycles. The van der Waals surface area contributed by atoms with Crippen LogP contribution in [0.2, 0.25) is 0 Å². The first-order valence-electron chi connectivity index (χ1n) is 19.3. The molecular weight excluding hydrogens is 697 g/mol. The molecular formula is C44H50N4O3S2. The molecule has 7 unspecified atom stereocenters. The van der Waals surface area contributed by atoms with Crippen LogP contribution in [-0.2, 0) is 6.42 Å². The molecule has 3 heterocycles. The van der Waals surface area contributed by atoms with Crippen LogP contribution < -0.4 is 16.4 Å². The molecule has 3 bridgehead atoms. The van der Waals surface area contributed by atoms with E-state index in [0.717, 1.165) is 74.8 Å². The van der Waals surface area contributed by atoms with E-state index in [1.807, 2.05) is 25.1 Å². The minimum absolute atomic E-state index is 0.0388. The third kappa shape index (κ3) is 6.60. The number of aromatic hydroxyl groups is 1. The molecule has 53 heavy (non-hydrogen) atoms. The van der Waals surface area contributed by atoms with E-state index in [1.165, 1.54) is 25.7 Å². The zero-order valence-electron chi connectivity index (χ0n) is 30.9. The fourth-order valence-corrected chi connectivity index (χ4v) is 12.8. The number of rotatable bonds is 5. The van der Waals surface area contributed by atoms with Crippen LogP contribution in [0, 0.1) is 52.3 Å². The topological polar surface area (TPSA) is 120 Å². The molecule has 6 N–H and O–H groups in total. The summed E-state index contributed by atoms with van der Waals surface area (Å²) in [4.78, 5) is 23.4. The van der Waals surface area contributed by atoms with Gasteiger partial charge in [0.05, 0.1) is 33.2 Å². The number of guanidine groups is 1. The second-order valence-electron chi connectivity index (χ2n) is 16.2. The van der Waals surface area contributed by atoms with Gasteiger partial charge in [0.1, 0.15) is 5.75 Å². The number of benzene rings is 1. The lowest BCUT2D eigenvalue weighted by molar-refractivity contribution is 0.0338. The molecule has 0 amide bonds. The van der Waals surface area contributed by atoms with Gasteiger partial charge >= 0.3 is 0 Å². The summed E-state index contributed by atoms with van der Waals surface area (Å²) >= 11 is 3.32. The van der Waals surface area contributed by atoms with Crippen molar-refractivity contribution in [3.05, 3.63) is 62.9 Å². The minimum atomic E-state index is -0.608. The molecule has 276 valence electrons. The third-order valence-electron chi connectivity index (χ3n) is 13.2. The maximum Gasteiger partial charge on any atom is 0.188 e. The Labute approximate surface area is 321 Å². The number of aliphatic hydroxyl groups excluding tert-OH is 1. The van der Waals surface area contributed by atoms with Crippen molar-refractivity contribution in [1.29, 1.82) is 0 Å². The number of nitrogens with zero attached hydrogens (tertiary/aromatic N) is 1. The number of nitrogens with two attached hydrogens (primary N) is 1. The Morgan fingerprint density at radius 2 is 1.92 bits per heavy atom. The van der Waals surface area contributed by atoms with Crippen molar-refractivity contribution in [3.8, 4) is 39.2 Å². The fraction of sp³-hybridized carbons (Fsp3) is 0.500. The van der Waals surface area contributed by atoms with E-state index in [0.29, 0.717) is 29.6 Å². The zero-order chi connectivity index (χ0) is 36.9. The van der Waals surface area contributed by atoms with E-state index in [4.69, 9.17) is 5.73 Å². The predicted octanol–water partition coefficient (Wildman–Crippen LogP) is 8.20. The number of Topliss-reactive ketones (excluding diaryl/α,β-unsaturated/α-hetero) is 1. The summed E-state index contributed by atoms with van der Waals surface area (Å²) in [5.74, 6) is 15.0.